The molecule has 10 heteroatoms. The summed E-state index contributed by atoms with van der Waals surface area (Å²) in [4.78, 5) is 20.7. The van der Waals surface area contributed by atoms with Crippen LogP contribution in [0.4, 0.5) is 20.2 Å². The summed E-state index contributed by atoms with van der Waals surface area (Å²) in [5.41, 5.74) is 8.14. The van der Waals surface area contributed by atoms with Crippen LogP contribution in [0.2, 0.25) is 0 Å². The Hall–Kier alpha value is -5.32. The maximum absolute atomic E-state index is 16.4. The average molecular weight is 779 g/mol. The third-order valence-electron chi connectivity index (χ3n) is 13.4. The molecule has 298 valence electrons. The molecule has 0 spiro atoms. The van der Waals surface area contributed by atoms with Crippen LogP contribution in [-0.4, -0.2) is 46.1 Å². The number of H-pyrrole nitrogens is 2. The molecular formula is C48H52F2N8. The van der Waals surface area contributed by atoms with Gasteiger partial charge < -0.3 is 30.4 Å². The molecule has 4 aliphatic heterocycles. The SMILES string of the molecule is C[C@@]1(c2ncc(-c3ccc([C@H]4CC[C@H](c5ccc(-c6cnc([C@@H]7CCCN7)[nH]6)cc5)N4c4cc(F)c(N5CCC(c6ccccc6)CC5)c(F)c4)cc3)[nH]2)CCCN1. The lowest BCUT2D eigenvalue weighted by Gasteiger charge is -2.36. The highest BCUT2D eigenvalue weighted by molar-refractivity contribution is 5.64. The van der Waals surface area contributed by atoms with Gasteiger partial charge in [-0.25, -0.2) is 18.7 Å². The molecule has 6 aromatic rings. The highest BCUT2D eigenvalue weighted by Gasteiger charge is 2.38. The van der Waals surface area contributed by atoms with Crippen LogP contribution in [0.25, 0.3) is 22.5 Å². The molecule has 10 rings (SSSR count). The van der Waals surface area contributed by atoms with E-state index in [1.807, 2.05) is 23.4 Å². The maximum atomic E-state index is 16.4. The molecule has 4 aromatic carbocycles. The largest absolute Gasteiger partial charge is 0.367 e. The van der Waals surface area contributed by atoms with Crippen LogP contribution in [0.15, 0.2) is 103 Å². The number of nitrogens with zero attached hydrogens (tertiary/aromatic N) is 4. The van der Waals surface area contributed by atoms with E-state index in [1.165, 1.54) is 5.56 Å². The zero-order chi connectivity index (χ0) is 39.2. The smallest absolute Gasteiger partial charge is 0.151 e. The summed E-state index contributed by atoms with van der Waals surface area (Å²) in [6.07, 6.45) is 11.7. The van der Waals surface area contributed by atoms with Gasteiger partial charge in [0.15, 0.2) is 11.6 Å². The molecule has 0 saturated carbocycles. The zero-order valence-electron chi connectivity index (χ0n) is 33.2. The summed E-state index contributed by atoms with van der Waals surface area (Å²) in [6.45, 7) is 5.45. The number of anilines is 2. The Morgan fingerprint density at radius 2 is 1.31 bits per heavy atom. The number of halogens is 2. The molecule has 4 aliphatic rings. The second kappa shape index (κ2) is 15.5. The first-order valence-corrected chi connectivity index (χ1v) is 21.3. The van der Waals surface area contributed by atoms with E-state index in [-0.39, 0.29) is 29.4 Å². The Bertz CT molecular complexity index is 2310. The van der Waals surface area contributed by atoms with Crippen LogP contribution in [0.3, 0.4) is 0 Å². The van der Waals surface area contributed by atoms with E-state index in [4.69, 9.17) is 4.98 Å². The number of hydrogen-bond donors (Lipinski definition) is 4. The van der Waals surface area contributed by atoms with E-state index in [0.717, 1.165) is 110 Å². The second-order valence-corrected chi connectivity index (χ2v) is 17.0. The molecule has 0 radical (unpaired) electrons. The molecule has 6 heterocycles. The Morgan fingerprint density at radius 1 is 0.672 bits per heavy atom. The first-order valence-electron chi connectivity index (χ1n) is 21.3. The molecule has 0 amide bonds. The topological polar surface area (TPSA) is 87.9 Å². The number of imidazole rings is 2. The molecule has 0 aliphatic carbocycles. The predicted octanol–water partition coefficient (Wildman–Crippen LogP) is 10.2. The monoisotopic (exact) mass is 778 g/mol. The summed E-state index contributed by atoms with van der Waals surface area (Å²) in [6, 6.07) is 31.0. The Balaban J connectivity index is 0.940. The minimum atomic E-state index is -0.504. The van der Waals surface area contributed by atoms with Crippen molar-refractivity contribution in [1.82, 2.24) is 30.6 Å². The number of benzene rings is 4. The molecule has 2 aromatic heterocycles. The lowest BCUT2D eigenvalue weighted by Crippen LogP contribution is -2.34. The highest BCUT2D eigenvalue weighted by Crippen LogP contribution is 2.49. The van der Waals surface area contributed by atoms with Crippen molar-refractivity contribution in [3.05, 3.63) is 143 Å². The average Bonchev–Trinajstić information content (AvgIpc) is 4.12. The van der Waals surface area contributed by atoms with E-state index in [0.29, 0.717) is 24.7 Å². The summed E-state index contributed by atoms with van der Waals surface area (Å²) < 4.78 is 32.9. The van der Waals surface area contributed by atoms with Crippen molar-refractivity contribution in [3.8, 4) is 22.5 Å². The van der Waals surface area contributed by atoms with Crippen molar-refractivity contribution >= 4 is 11.4 Å². The number of aromatic nitrogens is 4. The van der Waals surface area contributed by atoms with Crippen molar-refractivity contribution < 1.29 is 8.78 Å². The van der Waals surface area contributed by atoms with E-state index < -0.39 is 11.6 Å². The highest BCUT2D eigenvalue weighted by atomic mass is 19.1. The third-order valence-corrected chi connectivity index (χ3v) is 13.4. The number of aromatic amines is 2. The van der Waals surface area contributed by atoms with Gasteiger partial charge in [-0.2, -0.15) is 0 Å². The fraction of sp³-hybridized carbons (Fsp3) is 0.375. The third kappa shape index (κ3) is 7.00. The molecule has 0 unspecified atom stereocenters. The quantitative estimate of drug-likeness (QED) is 0.117. The standard InChI is InChI=1S/C48H52F2N8/c1-48(22-6-24-54-48)47-53-30-42(56-47)34-12-16-36(17-13-34)44-19-18-43(35-14-10-33(11-15-35)41-29-52-46(55-41)40-9-5-23-51-40)58(44)37-27-38(49)45(39(50)28-37)57-25-20-32(21-26-57)31-7-3-2-4-8-31/h2-4,7-8,10-17,27-30,32,40,43-44,51,54H,5-6,9,18-26H2,1H3,(H,52,55)(H,53,56)/t40-,43+,44+,48-/m0/s1. The lowest BCUT2D eigenvalue weighted by molar-refractivity contribution is 0.411. The molecule has 0 bridgehead atoms. The molecule has 4 atom stereocenters. The molecule has 4 fully saturated rings. The fourth-order valence-corrected chi connectivity index (χ4v) is 10.2. The van der Waals surface area contributed by atoms with Gasteiger partial charge >= 0.3 is 0 Å². The normalized spacial score (nSPS) is 23.9. The van der Waals surface area contributed by atoms with Gasteiger partial charge in [0, 0.05) is 18.8 Å². The van der Waals surface area contributed by atoms with Crippen molar-refractivity contribution in [2.75, 3.05) is 36.0 Å². The summed E-state index contributed by atoms with van der Waals surface area (Å²) in [7, 11) is 0. The van der Waals surface area contributed by atoms with E-state index >= 15 is 8.78 Å². The molecule has 8 nitrogen and oxygen atoms in total. The Morgan fingerprint density at radius 3 is 1.91 bits per heavy atom. The van der Waals surface area contributed by atoms with Crippen molar-refractivity contribution in [2.45, 2.75) is 87.9 Å². The van der Waals surface area contributed by atoms with Gasteiger partial charge in [-0.3, -0.25) is 0 Å². The minimum absolute atomic E-state index is 0.0696. The van der Waals surface area contributed by atoms with Gasteiger partial charge in [-0.1, -0.05) is 78.9 Å². The summed E-state index contributed by atoms with van der Waals surface area (Å²) in [5.74, 6) is 1.33. The van der Waals surface area contributed by atoms with Gasteiger partial charge in [0.05, 0.1) is 47.4 Å². The lowest BCUT2D eigenvalue weighted by atomic mass is 9.89. The van der Waals surface area contributed by atoms with Crippen molar-refractivity contribution in [1.29, 1.82) is 0 Å². The first kappa shape index (κ1) is 37.0. The van der Waals surface area contributed by atoms with Gasteiger partial charge in [0.2, 0.25) is 0 Å². The number of piperidine rings is 1. The van der Waals surface area contributed by atoms with Crippen molar-refractivity contribution in [2.24, 2.45) is 0 Å². The van der Waals surface area contributed by atoms with Crippen molar-refractivity contribution in [3.63, 3.8) is 0 Å². The molecular weight excluding hydrogens is 727 g/mol. The summed E-state index contributed by atoms with van der Waals surface area (Å²) in [5, 5.41) is 7.12. The molecule has 58 heavy (non-hydrogen) atoms. The minimum Gasteiger partial charge on any atom is -0.367 e. The number of nitrogens with one attached hydrogen (secondary N) is 4. The van der Waals surface area contributed by atoms with E-state index in [2.05, 4.69) is 110 Å². The van der Waals surface area contributed by atoms with Crippen LogP contribution in [0, 0.1) is 11.6 Å². The van der Waals surface area contributed by atoms with E-state index in [9.17, 15) is 0 Å². The predicted molar refractivity (Wildman–Crippen MR) is 227 cm³/mol. The van der Waals surface area contributed by atoms with Crippen LogP contribution >= 0.6 is 0 Å². The first-order chi connectivity index (χ1) is 28.4. The number of hydrogen-bond acceptors (Lipinski definition) is 6. The van der Waals surface area contributed by atoms with Gasteiger partial charge in [-0.15, -0.1) is 0 Å². The molecule has 4 saturated heterocycles. The Labute approximate surface area is 339 Å². The number of rotatable bonds is 9. The van der Waals surface area contributed by atoms with Crippen LogP contribution in [-0.2, 0) is 5.54 Å². The van der Waals surface area contributed by atoms with E-state index in [1.54, 1.807) is 12.1 Å². The second-order valence-electron chi connectivity index (χ2n) is 17.0. The zero-order valence-corrected chi connectivity index (χ0v) is 33.2. The van der Waals surface area contributed by atoms with Gasteiger partial charge in [0.25, 0.3) is 0 Å². The van der Waals surface area contributed by atoms with Crippen LogP contribution < -0.4 is 20.4 Å². The molecule has 4 N–H and O–H groups in total. The van der Waals surface area contributed by atoms with Crippen LogP contribution in [0.5, 0.6) is 0 Å². The Kier molecular flexibility index (Phi) is 9.85. The fourth-order valence-electron chi connectivity index (χ4n) is 10.2. The van der Waals surface area contributed by atoms with Gasteiger partial charge in [0.1, 0.15) is 17.3 Å². The van der Waals surface area contributed by atoms with Gasteiger partial charge in [-0.05, 0) is 117 Å². The van der Waals surface area contributed by atoms with Crippen LogP contribution in [0.1, 0.15) is 111 Å². The summed E-state index contributed by atoms with van der Waals surface area (Å²) >= 11 is 0. The maximum Gasteiger partial charge on any atom is 0.151 e.